The molecule has 1 saturated carbocycles. The van der Waals surface area contributed by atoms with E-state index in [0.29, 0.717) is 22.4 Å². The summed E-state index contributed by atoms with van der Waals surface area (Å²) in [5.74, 6) is -0.434. The molecule has 0 bridgehead atoms. The van der Waals surface area contributed by atoms with Gasteiger partial charge < -0.3 is 10.4 Å². The normalized spacial score (nSPS) is 17.3. The molecule has 2 rings (SSSR count). The van der Waals surface area contributed by atoms with Gasteiger partial charge in [-0.2, -0.15) is 0 Å². The minimum Gasteiger partial charge on any atom is -0.374 e. The van der Waals surface area contributed by atoms with Crippen molar-refractivity contribution in [1.82, 2.24) is 10.6 Å². The Hall–Kier alpha value is -1.30. The van der Waals surface area contributed by atoms with E-state index in [1.807, 2.05) is 0 Å². The average molecular weight is 373 g/mol. The number of benzene rings is 1. The largest absolute Gasteiger partial charge is 0.374 e. The van der Waals surface area contributed by atoms with E-state index in [1.165, 1.54) is 19.8 Å². The molecule has 132 valence electrons. The van der Waals surface area contributed by atoms with Crippen LogP contribution in [0.25, 0.3) is 0 Å². The zero-order valence-electron chi connectivity index (χ0n) is 13.5. The van der Waals surface area contributed by atoms with Gasteiger partial charge in [-0.15, -0.1) is 0 Å². The molecule has 2 atom stereocenters. The molecule has 1 aliphatic carbocycles. The van der Waals surface area contributed by atoms with Crippen LogP contribution in [0.2, 0.25) is 10.0 Å². The summed E-state index contributed by atoms with van der Waals surface area (Å²) in [6.07, 6.45) is 4.14. The fourth-order valence-corrected chi connectivity index (χ4v) is 3.43. The number of rotatable bonds is 5. The Bertz CT molecular complexity index is 601. The number of amides is 3. The lowest BCUT2D eigenvalue weighted by Crippen LogP contribution is -2.45. The molecular weight excluding hydrogens is 351 g/mol. The standard InChI is InChI=1S/C17H22Cl2N2O3/c1-10(22)20-17(24)21-16(23)13(8-11-4-2-3-5-11)12-6-7-14(18)15(19)9-12/h6-7,9-11,13,22H,2-5,8H2,1H3,(H2,20,21,23,24). The number of hydrogen-bond acceptors (Lipinski definition) is 3. The Kier molecular flexibility index (Phi) is 6.90. The van der Waals surface area contributed by atoms with Gasteiger partial charge in [0.05, 0.1) is 16.0 Å². The fraction of sp³-hybridized carbons (Fsp3) is 0.529. The third-order valence-corrected chi connectivity index (χ3v) is 5.02. The van der Waals surface area contributed by atoms with Gasteiger partial charge in [0.25, 0.3) is 0 Å². The van der Waals surface area contributed by atoms with Gasteiger partial charge in [0.15, 0.2) is 0 Å². The Balaban J connectivity index is 2.16. The molecule has 0 saturated heterocycles. The summed E-state index contributed by atoms with van der Waals surface area (Å²) < 4.78 is 0. The molecule has 1 aromatic carbocycles. The lowest BCUT2D eigenvalue weighted by molar-refractivity contribution is -0.121. The quantitative estimate of drug-likeness (QED) is 0.687. The van der Waals surface area contributed by atoms with Crippen LogP contribution in [-0.4, -0.2) is 23.3 Å². The minimum atomic E-state index is -1.03. The van der Waals surface area contributed by atoms with E-state index in [-0.39, 0.29) is 0 Å². The molecule has 24 heavy (non-hydrogen) atoms. The first-order chi connectivity index (χ1) is 11.4. The lowest BCUT2D eigenvalue weighted by atomic mass is 9.87. The maximum Gasteiger partial charge on any atom is 0.323 e. The summed E-state index contributed by atoms with van der Waals surface area (Å²) in [4.78, 5) is 24.3. The third-order valence-electron chi connectivity index (χ3n) is 4.28. The average Bonchev–Trinajstić information content (AvgIpc) is 2.99. The van der Waals surface area contributed by atoms with Crippen LogP contribution in [0, 0.1) is 5.92 Å². The van der Waals surface area contributed by atoms with Gasteiger partial charge >= 0.3 is 6.03 Å². The molecule has 0 heterocycles. The molecule has 1 aliphatic rings. The SMILES string of the molecule is CC(O)NC(=O)NC(=O)C(CC1CCCC1)c1ccc(Cl)c(Cl)c1. The van der Waals surface area contributed by atoms with Gasteiger partial charge in [-0.3, -0.25) is 10.1 Å². The molecular formula is C17H22Cl2N2O3. The number of halogens is 2. The van der Waals surface area contributed by atoms with Crippen molar-refractivity contribution < 1.29 is 14.7 Å². The van der Waals surface area contributed by atoms with Crippen LogP contribution in [0.15, 0.2) is 18.2 Å². The van der Waals surface area contributed by atoms with Crippen LogP contribution in [0.3, 0.4) is 0 Å². The second kappa shape index (κ2) is 8.70. The van der Waals surface area contributed by atoms with Gasteiger partial charge in [-0.05, 0) is 37.0 Å². The number of urea groups is 1. The lowest BCUT2D eigenvalue weighted by Gasteiger charge is -2.21. The topological polar surface area (TPSA) is 78.4 Å². The highest BCUT2D eigenvalue weighted by Gasteiger charge is 2.28. The highest BCUT2D eigenvalue weighted by atomic mass is 35.5. The minimum absolute atomic E-state index is 0.381. The smallest absolute Gasteiger partial charge is 0.323 e. The maximum absolute atomic E-state index is 12.6. The summed E-state index contributed by atoms with van der Waals surface area (Å²) in [6, 6.07) is 4.38. The van der Waals surface area contributed by atoms with Crippen molar-refractivity contribution in [2.24, 2.45) is 5.92 Å². The van der Waals surface area contributed by atoms with Crippen molar-refractivity contribution in [3.05, 3.63) is 33.8 Å². The predicted molar refractivity (Wildman–Crippen MR) is 94.1 cm³/mol. The van der Waals surface area contributed by atoms with Gasteiger partial charge in [0, 0.05) is 0 Å². The monoisotopic (exact) mass is 372 g/mol. The summed E-state index contributed by atoms with van der Waals surface area (Å²) in [5.41, 5.74) is 0.735. The van der Waals surface area contributed by atoms with Crippen molar-refractivity contribution >= 4 is 35.1 Å². The molecule has 0 aromatic heterocycles. The molecule has 0 spiro atoms. The van der Waals surface area contributed by atoms with Gasteiger partial charge in [0.1, 0.15) is 6.23 Å². The number of nitrogens with one attached hydrogen (secondary N) is 2. The van der Waals surface area contributed by atoms with E-state index >= 15 is 0 Å². The van der Waals surface area contributed by atoms with Gasteiger partial charge in [-0.1, -0.05) is 55.0 Å². The summed E-state index contributed by atoms with van der Waals surface area (Å²) in [7, 11) is 0. The van der Waals surface area contributed by atoms with Crippen LogP contribution in [0.5, 0.6) is 0 Å². The van der Waals surface area contributed by atoms with Crippen LogP contribution in [0.4, 0.5) is 4.79 Å². The first kappa shape index (κ1) is 19.0. The molecule has 1 aromatic rings. The van der Waals surface area contributed by atoms with Crippen LogP contribution in [-0.2, 0) is 4.79 Å². The van der Waals surface area contributed by atoms with E-state index in [9.17, 15) is 14.7 Å². The van der Waals surface area contributed by atoms with E-state index in [2.05, 4.69) is 10.6 Å². The highest BCUT2D eigenvalue weighted by Crippen LogP contribution is 2.36. The number of aliphatic hydroxyl groups is 1. The Morgan fingerprint density at radius 1 is 1.25 bits per heavy atom. The van der Waals surface area contributed by atoms with Crippen LogP contribution >= 0.6 is 23.2 Å². The van der Waals surface area contributed by atoms with E-state index in [1.54, 1.807) is 18.2 Å². The van der Waals surface area contributed by atoms with Gasteiger partial charge in [-0.25, -0.2) is 4.79 Å². The molecule has 1 fully saturated rings. The Morgan fingerprint density at radius 3 is 2.50 bits per heavy atom. The number of carbonyl (C=O) groups is 2. The van der Waals surface area contributed by atoms with Crippen molar-refractivity contribution in [2.45, 2.75) is 51.2 Å². The van der Waals surface area contributed by atoms with Crippen molar-refractivity contribution in [3.63, 3.8) is 0 Å². The molecule has 3 N–H and O–H groups in total. The predicted octanol–water partition coefficient (Wildman–Crippen LogP) is 3.82. The molecule has 7 heteroatoms. The zero-order chi connectivity index (χ0) is 17.7. The highest BCUT2D eigenvalue weighted by molar-refractivity contribution is 6.42. The van der Waals surface area contributed by atoms with Crippen LogP contribution < -0.4 is 10.6 Å². The van der Waals surface area contributed by atoms with E-state index in [4.69, 9.17) is 23.2 Å². The maximum atomic E-state index is 12.6. The third kappa shape index (κ3) is 5.36. The fourth-order valence-electron chi connectivity index (χ4n) is 3.13. The molecule has 0 radical (unpaired) electrons. The van der Waals surface area contributed by atoms with E-state index < -0.39 is 24.1 Å². The second-order valence-electron chi connectivity index (χ2n) is 6.25. The second-order valence-corrected chi connectivity index (χ2v) is 7.07. The molecule has 5 nitrogen and oxygen atoms in total. The summed E-state index contributed by atoms with van der Waals surface area (Å²) in [5, 5.41) is 14.5. The zero-order valence-corrected chi connectivity index (χ0v) is 15.0. The summed E-state index contributed by atoms with van der Waals surface area (Å²) in [6.45, 7) is 1.40. The molecule has 0 aliphatic heterocycles. The number of hydrogen-bond donors (Lipinski definition) is 3. The van der Waals surface area contributed by atoms with E-state index in [0.717, 1.165) is 18.4 Å². The van der Waals surface area contributed by atoms with Crippen LogP contribution in [0.1, 0.15) is 50.5 Å². The first-order valence-corrected chi connectivity index (χ1v) is 8.86. The summed E-state index contributed by atoms with van der Waals surface area (Å²) >= 11 is 12.0. The first-order valence-electron chi connectivity index (χ1n) is 8.11. The Morgan fingerprint density at radius 2 is 1.92 bits per heavy atom. The van der Waals surface area contributed by atoms with Crippen molar-refractivity contribution in [2.75, 3.05) is 0 Å². The molecule has 3 amide bonds. The van der Waals surface area contributed by atoms with Gasteiger partial charge in [0.2, 0.25) is 5.91 Å². The van der Waals surface area contributed by atoms with Crippen molar-refractivity contribution in [1.29, 1.82) is 0 Å². The number of imide groups is 1. The number of carbonyl (C=O) groups excluding carboxylic acids is 2. The molecule has 2 unspecified atom stereocenters. The Labute approximate surface area is 151 Å². The van der Waals surface area contributed by atoms with Crippen molar-refractivity contribution in [3.8, 4) is 0 Å². The number of aliphatic hydroxyl groups excluding tert-OH is 1.